The molecule has 0 aliphatic heterocycles. The van der Waals surface area contributed by atoms with Gasteiger partial charge in [0.25, 0.3) is 0 Å². The SMILES string of the molecule is C=C1/C(=C\C=C2/CCC[C@]3(C)[C@@H]([C@H](C)CCCC(C)(C)OCOC)CC[C@@H]23)C[C@@H](C)[C@@H](O)[C@@H]1OCOC. The molecule has 0 radical (unpaired) electrons. The number of aliphatic hydroxyl groups is 1. The van der Waals surface area contributed by atoms with Gasteiger partial charge < -0.3 is 24.1 Å². The van der Waals surface area contributed by atoms with E-state index in [2.05, 4.69) is 53.3 Å². The molecule has 3 saturated carbocycles. The highest BCUT2D eigenvalue weighted by Gasteiger charge is 2.50. The summed E-state index contributed by atoms with van der Waals surface area (Å²) in [7, 11) is 3.29. The normalized spacial score (nSPS) is 35.8. The monoisotopic (exact) mass is 518 g/mol. The molecular weight excluding hydrogens is 464 g/mol. The van der Waals surface area contributed by atoms with Gasteiger partial charge in [0.15, 0.2) is 0 Å². The molecule has 0 amide bonds. The van der Waals surface area contributed by atoms with Gasteiger partial charge in [0.05, 0.1) is 11.7 Å². The fraction of sp³-hybridized carbons (Fsp3) is 0.812. The van der Waals surface area contributed by atoms with E-state index in [1.807, 2.05) is 0 Å². The van der Waals surface area contributed by atoms with Crippen LogP contribution in [-0.4, -0.2) is 50.7 Å². The van der Waals surface area contributed by atoms with Gasteiger partial charge in [-0.25, -0.2) is 0 Å². The lowest BCUT2D eigenvalue weighted by atomic mass is 9.60. The molecule has 0 bridgehead atoms. The van der Waals surface area contributed by atoms with Crippen molar-refractivity contribution in [1.29, 1.82) is 0 Å². The number of aliphatic hydroxyl groups excluding tert-OH is 1. The van der Waals surface area contributed by atoms with Crippen LogP contribution >= 0.6 is 0 Å². The predicted molar refractivity (Wildman–Crippen MR) is 150 cm³/mol. The van der Waals surface area contributed by atoms with Gasteiger partial charge in [0.2, 0.25) is 0 Å². The summed E-state index contributed by atoms with van der Waals surface area (Å²) in [6.07, 6.45) is 14.6. The molecule has 0 heterocycles. The summed E-state index contributed by atoms with van der Waals surface area (Å²) in [4.78, 5) is 0. The molecule has 3 aliphatic carbocycles. The van der Waals surface area contributed by atoms with Crippen molar-refractivity contribution in [2.75, 3.05) is 27.8 Å². The quantitative estimate of drug-likeness (QED) is 0.277. The van der Waals surface area contributed by atoms with Crippen LogP contribution in [0.4, 0.5) is 0 Å². The van der Waals surface area contributed by atoms with E-state index >= 15 is 0 Å². The van der Waals surface area contributed by atoms with Crippen LogP contribution in [-0.2, 0) is 18.9 Å². The zero-order valence-corrected chi connectivity index (χ0v) is 24.7. The van der Waals surface area contributed by atoms with Crippen molar-refractivity contribution in [3.63, 3.8) is 0 Å². The van der Waals surface area contributed by atoms with Crippen molar-refractivity contribution < 1.29 is 24.1 Å². The molecule has 7 atom stereocenters. The Morgan fingerprint density at radius 3 is 2.59 bits per heavy atom. The van der Waals surface area contributed by atoms with Crippen molar-refractivity contribution >= 4 is 0 Å². The van der Waals surface area contributed by atoms with Crippen LogP contribution in [0.2, 0.25) is 0 Å². The average molecular weight is 519 g/mol. The highest BCUT2D eigenvalue weighted by Crippen LogP contribution is 2.60. The fourth-order valence-electron chi connectivity index (χ4n) is 7.57. The number of hydrogen-bond acceptors (Lipinski definition) is 5. The summed E-state index contributed by atoms with van der Waals surface area (Å²) in [5, 5.41) is 10.7. The molecule has 0 aromatic heterocycles. The number of rotatable bonds is 12. The Labute approximate surface area is 226 Å². The third kappa shape index (κ3) is 7.36. The largest absolute Gasteiger partial charge is 0.390 e. The highest BCUT2D eigenvalue weighted by molar-refractivity contribution is 5.39. The minimum Gasteiger partial charge on any atom is -0.390 e. The summed E-state index contributed by atoms with van der Waals surface area (Å²) in [6.45, 7) is 16.3. The Morgan fingerprint density at radius 1 is 1.16 bits per heavy atom. The van der Waals surface area contributed by atoms with E-state index in [0.717, 1.165) is 30.3 Å². The summed E-state index contributed by atoms with van der Waals surface area (Å²) in [6, 6.07) is 0. The maximum absolute atomic E-state index is 10.7. The number of methoxy groups -OCH3 is 2. The molecule has 3 fully saturated rings. The molecular formula is C32H54O5. The van der Waals surface area contributed by atoms with Crippen LogP contribution in [0.5, 0.6) is 0 Å². The first kappa shape index (κ1) is 30.6. The van der Waals surface area contributed by atoms with Crippen LogP contribution in [0.15, 0.2) is 35.5 Å². The molecule has 0 unspecified atom stereocenters. The van der Waals surface area contributed by atoms with Gasteiger partial charge in [-0.2, -0.15) is 0 Å². The fourth-order valence-corrected chi connectivity index (χ4v) is 7.57. The molecule has 0 aromatic rings. The number of ether oxygens (including phenoxy) is 4. The molecule has 0 spiro atoms. The summed E-state index contributed by atoms with van der Waals surface area (Å²) >= 11 is 0. The van der Waals surface area contributed by atoms with E-state index in [-0.39, 0.29) is 18.3 Å². The van der Waals surface area contributed by atoms with Crippen LogP contribution < -0.4 is 0 Å². The average Bonchev–Trinajstić information content (AvgIpc) is 3.21. The van der Waals surface area contributed by atoms with Gasteiger partial charge in [-0.15, -0.1) is 0 Å². The smallest absolute Gasteiger partial charge is 0.147 e. The molecule has 212 valence electrons. The Morgan fingerprint density at radius 2 is 1.89 bits per heavy atom. The van der Waals surface area contributed by atoms with Crippen molar-refractivity contribution in [2.24, 2.45) is 29.1 Å². The standard InChI is InChI=1S/C32H54O5/c1-22(11-9-17-31(4,5)37-21-35-8)27-15-16-28-25(12-10-18-32(27,28)6)13-14-26-19-23(2)29(33)30(24(26)3)36-20-34-7/h13-14,22-23,27-30,33H,3,9-12,15-21H2,1-2,4-8H3/b25-13+,26-14-/t22-,23-,27-,28+,29-,30-,32-/m1/s1. The van der Waals surface area contributed by atoms with E-state index in [9.17, 15) is 5.11 Å². The van der Waals surface area contributed by atoms with E-state index in [1.165, 1.54) is 50.5 Å². The summed E-state index contributed by atoms with van der Waals surface area (Å²) in [5.41, 5.74) is 3.98. The molecule has 5 heteroatoms. The van der Waals surface area contributed by atoms with Crippen LogP contribution in [0.25, 0.3) is 0 Å². The minimum atomic E-state index is -0.542. The molecule has 0 aromatic carbocycles. The lowest BCUT2D eigenvalue weighted by molar-refractivity contribution is -0.118. The Bertz CT molecular complexity index is 814. The molecule has 37 heavy (non-hydrogen) atoms. The van der Waals surface area contributed by atoms with E-state index < -0.39 is 12.2 Å². The zero-order valence-electron chi connectivity index (χ0n) is 24.7. The van der Waals surface area contributed by atoms with E-state index in [4.69, 9.17) is 18.9 Å². The topological polar surface area (TPSA) is 57.2 Å². The van der Waals surface area contributed by atoms with Crippen molar-refractivity contribution in [1.82, 2.24) is 0 Å². The first-order valence-corrected chi connectivity index (χ1v) is 14.5. The third-order valence-corrected chi connectivity index (χ3v) is 9.79. The maximum atomic E-state index is 10.7. The molecule has 5 nitrogen and oxygen atoms in total. The maximum Gasteiger partial charge on any atom is 0.147 e. The van der Waals surface area contributed by atoms with Gasteiger partial charge in [-0.1, -0.05) is 57.9 Å². The van der Waals surface area contributed by atoms with Crippen LogP contribution in [0.3, 0.4) is 0 Å². The summed E-state index contributed by atoms with van der Waals surface area (Å²) in [5.74, 6) is 2.32. The third-order valence-electron chi connectivity index (χ3n) is 9.79. The van der Waals surface area contributed by atoms with Gasteiger partial charge in [-0.3, -0.25) is 0 Å². The minimum absolute atomic E-state index is 0.129. The lowest BCUT2D eigenvalue weighted by Crippen LogP contribution is -2.40. The number of fused-ring (bicyclic) bond motifs is 1. The number of allylic oxidation sites excluding steroid dienone is 3. The lowest BCUT2D eigenvalue weighted by Gasteiger charge is -2.44. The first-order chi connectivity index (χ1) is 17.5. The molecule has 3 aliphatic rings. The first-order valence-electron chi connectivity index (χ1n) is 14.5. The highest BCUT2D eigenvalue weighted by atomic mass is 16.7. The second kappa shape index (κ2) is 13.4. The van der Waals surface area contributed by atoms with Crippen molar-refractivity contribution in [3.05, 3.63) is 35.5 Å². The van der Waals surface area contributed by atoms with Gasteiger partial charge >= 0.3 is 0 Å². The second-order valence-corrected chi connectivity index (χ2v) is 12.9. The molecule has 1 N–H and O–H groups in total. The van der Waals surface area contributed by atoms with Crippen molar-refractivity contribution in [3.8, 4) is 0 Å². The van der Waals surface area contributed by atoms with E-state index in [1.54, 1.807) is 19.8 Å². The van der Waals surface area contributed by atoms with Gasteiger partial charge in [0, 0.05) is 14.2 Å². The Kier molecular flexibility index (Phi) is 11.1. The van der Waals surface area contributed by atoms with Crippen LogP contribution in [0.1, 0.15) is 92.4 Å². The van der Waals surface area contributed by atoms with Gasteiger partial charge in [-0.05, 0) is 99.0 Å². The second-order valence-electron chi connectivity index (χ2n) is 12.9. The van der Waals surface area contributed by atoms with Crippen LogP contribution in [0, 0.1) is 29.1 Å². The molecule has 3 rings (SSSR count). The van der Waals surface area contributed by atoms with E-state index in [0.29, 0.717) is 18.1 Å². The zero-order chi connectivity index (χ0) is 27.2. The predicted octanol–water partition coefficient (Wildman–Crippen LogP) is 7.21. The summed E-state index contributed by atoms with van der Waals surface area (Å²) < 4.78 is 21.9. The van der Waals surface area contributed by atoms with Crippen molar-refractivity contribution in [2.45, 2.75) is 110 Å². The number of hydrogen-bond donors (Lipinski definition) is 1. The Hall–Kier alpha value is -0.980. The molecule has 0 saturated heterocycles. The Balaban J connectivity index is 1.66. The van der Waals surface area contributed by atoms with Gasteiger partial charge in [0.1, 0.15) is 19.7 Å².